The molecule has 9 rings (SSSR count). The molecule has 352 valence electrons. The minimum absolute atomic E-state index is 0.0748. The first-order valence-corrected chi connectivity index (χ1v) is 25.2. The van der Waals surface area contributed by atoms with E-state index in [0.29, 0.717) is 90.7 Å². The van der Waals surface area contributed by atoms with Crippen LogP contribution in [0.3, 0.4) is 0 Å². The van der Waals surface area contributed by atoms with Crippen LogP contribution in [-0.2, 0) is 10.8 Å². The summed E-state index contributed by atoms with van der Waals surface area (Å²) in [5.41, 5.74) is 3.87. The van der Waals surface area contributed by atoms with Crippen molar-refractivity contribution in [2.45, 2.75) is 143 Å². The van der Waals surface area contributed by atoms with Crippen LogP contribution in [0.15, 0.2) is 84.9 Å². The maximum Gasteiger partial charge on any atom is 0.261 e. The summed E-state index contributed by atoms with van der Waals surface area (Å²) < 4.78 is 13.9. The lowest BCUT2D eigenvalue weighted by atomic mass is 9.81. The van der Waals surface area contributed by atoms with Crippen LogP contribution in [0.2, 0.25) is 0 Å². The Morgan fingerprint density at radius 1 is 0.382 bits per heavy atom. The Kier molecular flexibility index (Phi) is 12.8. The highest BCUT2D eigenvalue weighted by molar-refractivity contribution is 6.43. The number of benzene rings is 7. The number of ether oxygens (including phenoxy) is 2. The second kappa shape index (κ2) is 18.7. The van der Waals surface area contributed by atoms with Crippen molar-refractivity contribution in [3.8, 4) is 23.0 Å². The average molecular weight is 911 g/mol. The van der Waals surface area contributed by atoms with Crippen LogP contribution in [-0.4, -0.2) is 46.5 Å². The Morgan fingerprint density at radius 3 is 1.07 bits per heavy atom. The molecule has 0 saturated carbocycles. The summed E-state index contributed by atoms with van der Waals surface area (Å²) >= 11 is 0. The van der Waals surface area contributed by atoms with Gasteiger partial charge in [-0.25, -0.2) is 0 Å². The lowest BCUT2D eigenvalue weighted by Crippen LogP contribution is -2.41. The largest absolute Gasteiger partial charge is 0.457 e. The van der Waals surface area contributed by atoms with Crippen LogP contribution < -0.4 is 9.47 Å². The number of carbonyl (C=O) groups excluding carboxylic acids is 4. The van der Waals surface area contributed by atoms with E-state index in [1.54, 1.807) is 12.1 Å². The van der Waals surface area contributed by atoms with Gasteiger partial charge in [-0.15, -0.1) is 0 Å². The van der Waals surface area contributed by atoms with Crippen LogP contribution in [0.25, 0.3) is 43.1 Å². The van der Waals surface area contributed by atoms with Crippen molar-refractivity contribution < 1.29 is 28.7 Å². The van der Waals surface area contributed by atoms with E-state index in [4.69, 9.17) is 9.47 Å². The molecule has 0 aromatic heterocycles. The molecule has 8 nitrogen and oxygen atoms in total. The number of rotatable bonds is 18. The SMILES string of the molecule is CCCCCCCCN1C(=O)c2ccc3c4c(Oc5ccc(C(C)(C)C)cc5)cc5c6c(ccc(c7c(Oc8ccc(C(C)(C)C)cc8)cc(c2c37)C1=O)c64)C(=O)N(CCCCCCCC)C5=O. The summed E-state index contributed by atoms with van der Waals surface area (Å²) in [5, 5.41) is 5.37. The van der Waals surface area contributed by atoms with Gasteiger partial charge < -0.3 is 9.47 Å². The third-order valence-corrected chi connectivity index (χ3v) is 14.3. The molecule has 0 radical (unpaired) electrons. The minimum Gasteiger partial charge on any atom is -0.457 e. The number of hydrogen-bond acceptors (Lipinski definition) is 6. The molecule has 8 heteroatoms. The van der Waals surface area contributed by atoms with Crippen molar-refractivity contribution in [1.82, 2.24) is 9.80 Å². The van der Waals surface area contributed by atoms with E-state index in [1.807, 2.05) is 48.5 Å². The molecule has 2 aliphatic rings. The Balaban J connectivity index is 1.28. The van der Waals surface area contributed by atoms with Crippen molar-refractivity contribution >= 4 is 66.7 Å². The highest BCUT2D eigenvalue weighted by Gasteiger charge is 2.39. The maximum atomic E-state index is 14.8. The minimum atomic E-state index is -0.346. The number of unbranched alkanes of at least 4 members (excludes halogenated alkanes) is 10. The number of hydrogen-bond donors (Lipinski definition) is 0. The summed E-state index contributed by atoms with van der Waals surface area (Å²) in [6.07, 6.45) is 12.3. The van der Waals surface area contributed by atoms with E-state index in [2.05, 4.69) is 79.7 Å². The molecule has 7 aromatic carbocycles. The summed E-state index contributed by atoms with van der Waals surface area (Å²) in [6, 6.07) is 27.2. The van der Waals surface area contributed by atoms with E-state index in [9.17, 15) is 19.2 Å². The summed E-state index contributed by atoms with van der Waals surface area (Å²) in [5.74, 6) is 0.757. The molecule has 0 aliphatic carbocycles. The van der Waals surface area contributed by atoms with Crippen molar-refractivity contribution in [2.75, 3.05) is 13.1 Å². The van der Waals surface area contributed by atoms with E-state index in [1.165, 1.54) is 22.6 Å². The van der Waals surface area contributed by atoms with Gasteiger partial charge in [0.15, 0.2) is 0 Å². The predicted octanol–water partition coefficient (Wildman–Crippen LogP) is 15.8. The molecule has 2 heterocycles. The Hall–Kier alpha value is -6.28. The quantitative estimate of drug-likeness (QED) is 0.0368. The number of fused-ring (bicyclic) bond motifs is 2. The first-order valence-electron chi connectivity index (χ1n) is 25.2. The van der Waals surface area contributed by atoms with Crippen LogP contribution in [0.1, 0.15) is 185 Å². The maximum absolute atomic E-state index is 14.8. The van der Waals surface area contributed by atoms with Crippen LogP contribution >= 0.6 is 0 Å². The molecule has 4 amide bonds. The number of imide groups is 2. The summed E-state index contributed by atoms with van der Waals surface area (Å²) in [7, 11) is 0. The smallest absolute Gasteiger partial charge is 0.261 e. The number of amides is 4. The van der Waals surface area contributed by atoms with E-state index in [-0.39, 0.29) is 34.5 Å². The van der Waals surface area contributed by atoms with E-state index in [0.717, 1.165) is 86.1 Å². The lowest BCUT2D eigenvalue weighted by molar-refractivity contribution is 0.0592. The first kappa shape index (κ1) is 46.8. The van der Waals surface area contributed by atoms with Crippen LogP contribution in [0.4, 0.5) is 0 Å². The molecule has 0 N–H and O–H groups in total. The van der Waals surface area contributed by atoms with E-state index < -0.39 is 0 Å². The molecule has 0 atom stereocenters. The van der Waals surface area contributed by atoms with Crippen molar-refractivity contribution in [3.63, 3.8) is 0 Å². The second-order valence-corrected chi connectivity index (χ2v) is 21.2. The van der Waals surface area contributed by atoms with Gasteiger partial charge in [-0.3, -0.25) is 29.0 Å². The molecule has 0 spiro atoms. The van der Waals surface area contributed by atoms with Gasteiger partial charge in [-0.1, -0.05) is 156 Å². The zero-order valence-electron chi connectivity index (χ0n) is 41.3. The number of nitrogens with zero attached hydrogens (tertiary/aromatic N) is 2. The van der Waals surface area contributed by atoms with Gasteiger partial charge in [0.25, 0.3) is 23.6 Å². The lowest BCUT2D eigenvalue weighted by Gasteiger charge is -2.31. The Labute approximate surface area is 401 Å². The zero-order chi connectivity index (χ0) is 48.1. The predicted molar refractivity (Wildman–Crippen MR) is 276 cm³/mol. The molecule has 0 fully saturated rings. The van der Waals surface area contributed by atoms with Gasteiger partial charge in [-0.2, -0.15) is 0 Å². The third-order valence-electron chi connectivity index (χ3n) is 14.3. The highest BCUT2D eigenvalue weighted by Crippen LogP contribution is 2.53. The third kappa shape index (κ3) is 8.49. The van der Waals surface area contributed by atoms with Gasteiger partial charge in [0.1, 0.15) is 23.0 Å². The zero-order valence-corrected chi connectivity index (χ0v) is 41.3. The Morgan fingerprint density at radius 2 is 0.721 bits per heavy atom. The van der Waals surface area contributed by atoms with Gasteiger partial charge in [0.05, 0.1) is 11.1 Å². The van der Waals surface area contributed by atoms with Crippen molar-refractivity contribution in [3.05, 3.63) is 118 Å². The molecule has 0 unspecified atom stereocenters. The molecule has 0 bridgehead atoms. The molecule has 68 heavy (non-hydrogen) atoms. The number of carbonyl (C=O) groups is 4. The molecule has 7 aromatic rings. The average Bonchev–Trinajstić information content (AvgIpc) is 3.31. The standard InChI is InChI=1S/C60H66N2O6/c1-9-11-13-15-17-19-33-61-55(63)43-31-29-41-52-48(68-40-27-23-38(24-28-40)60(6,7)8)36-46-50-44(56(64)62(58(46)66)34-20-18-16-14-12-10-2)32-30-42(54(50)52)51-47(35-45(57(61)65)49(43)53(41)51)67-39-25-21-37(22-26-39)59(3,4)5/h21-32,35-36H,9-20,33-34H2,1-8H3. The topological polar surface area (TPSA) is 93.2 Å². The van der Waals surface area contributed by atoms with Gasteiger partial charge >= 0.3 is 0 Å². The Bertz CT molecular complexity index is 2870. The van der Waals surface area contributed by atoms with Crippen LogP contribution in [0.5, 0.6) is 23.0 Å². The fraction of sp³-hybridized carbons (Fsp3) is 0.400. The molecular formula is C60H66N2O6. The fourth-order valence-corrected chi connectivity index (χ4v) is 10.5. The molecule has 2 aliphatic heterocycles. The van der Waals surface area contributed by atoms with E-state index >= 15 is 0 Å². The second-order valence-electron chi connectivity index (χ2n) is 21.2. The summed E-state index contributed by atoms with van der Waals surface area (Å²) in [6.45, 7) is 18.0. The summed E-state index contributed by atoms with van der Waals surface area (Å²) in [4.78, 5) is 61.7. The monoisotopic (exact) mass is 910 g/mol. The highest BCUT2D eigenvalue weighted by atomic mass is 16.5. The van der Waals surface area contributed by atoms with Gasteiger partial charge in [0, 0.05) is 56.5 Å². The molecular weight excluding hydrogens is 845 g/mol. The molecule has 0 saturated heterocycles. The van der Waals surface area contributed by atoms with Crippen molar-refractivity contribution in [2.24, 2.45) is 0 Å². The van der Waals surface area contributed by atoms with Crippen molar-refractivity contribution in [1.29, 1.82) is 0 Å². The van der Waals surface area contributed by atoms with Gasteiger partial charge in [0.2, 0.25) is 0 Å². The normalized spacial score (nSPS) is 14.2. The first-order chi connectivity index (χ1) is 32.6. The fourth-order valence-electron chi connectivity index (χ4n) is 10.5. The van der Waals surface area contributed by atoms with Crippen LogP contribution in [0, 0.1) is 0 Å². The van der Waals surface area contributed by atoms with Gasteiger partial charge in [-0.05, 0) is 94.1 Å².